The van der Waals surface area contributed by atoms with E-state index < -0.39 is 5.97 Å². The highest BCUT2D eigenvalue weighted by atomic mass is 16.4. The van der Waals surface area contributed by atoms with Crippen molar-refractivity contribution in [3.63, 3.8) is 0 Å². The van der Waals surface area contributed by atoms with Crippen LogP contribution >= 0.6 is 0 Å². The lowest BCUT2D eigenvalue weighted by molar-refractivity contribution is -0.137. The number of nitrogens with zero attached hydrogens (tertiary/aromatic N) is 2. The Morgan fingerprint density at radius 2 is 2.12 bits per heavy atom. The Hall–Kier alpha value is -1.84. The number of hydrogen-bond acceptors (Lipinski definition) is 2. The third-order valence-corrected chi connectivity index (χ3v) is 1.88. The number of allylic oxidation sites excluding steroid dienone is 3. The summed E-state index contributed by atoms with van der Waals surface area (Å²) in [6.45, 7) is 9.08. The van der Waals surface area contributed by atoms with Crippen molar-refractivity contribution >= 4 is 11.8 Å². The molecule has 0 aromatic heterocycles. The summed E-state index contributed by atoms with van der Waals surface area (Å²) in [5.74, 6) is -0.361. The zero-order chi connectivity index (χ0) is 12.6. The number of likely N-dealkylation sites (N-methyl/N-ethyl adjacent to an activating group) is 1. The second-order valence-electron chi connectivity index (χ2n) is 3.17. The largest absolute Gasteiger partial charge is 0.480 e. The van der Waals surface area contributed by atoms with Crippen LogP contribution in [0.2, 0.25) is 0 Å². The summed E-state index contributed by atoms with van der Waals surface area (Å²) in [5.41, 5.74) is 0.835. The molecule has 0 radical (unpaired) electrons. The molecule has 0 fully saturated rings. The Morgan fingerprint density at radius 1 is 1.50 bits per heavy atom. The quantitative estimate of drug-likeness (QED) is 0.425. The molecule has 16 heavy (non-hydrogen) atoms. The molecule has 4 heteroatoms. The molecule has 0 aromatic carbocycles. The van der Waals surface area contributed by atoms with Gasteiger partial charge in [-0.25, -0.2) is 4.99 Å². The van der Waals surface area contributed by atoms with Crippen LogP contribution in [0.5, 0.6) is 0 Å². The van der Waals surface area contributed by atoms with Crippen LogP contribution in [0.15, 0.2) is 42.1 Å². The number of carbonyl (C=O) groups is 1. The van der Waals surface area contributed by atoms with Crippen molar-refractivity contribution < 1.29 is 9.90 Å². The molecule has 0 rings (SSSR count). The number of rotatable bonds is 6. The number of hydrogen-bond donors (Lipinski definition) is 1. The Labute approximate surface area is 96.3 Å². The van der Waals surface area contributed by atoms with Crippen LogP contribution in [0.4, 0.5) is 0 Å². The van der Waals surface area contributed by atoms with Gasteiger partial charge in [0.25, 0.3) is 0 Å². The Morgan fingerprint density at radius 3 is 2.50 bits per heavy atom. The van der Waals surface area contributed by atoms with Crippen molar-refractivity contribution in [3.05, 3.63) is 37.1 Å². The highest BCUT2D eigenvalue weighted by Gasteiger charge is 2.07. The molecule has 0 aliphatic carbocycles. The molecule has 0 spiro atoms. The summed E-state index contributed by atoms with van der Waals surface area (Å²) in [5, 5.41) is 8.66. The van der Waals surface area contributed by atoms with Crippen molar-refractivity contribution in [2.24, 2.45) is 4.99 Å². The lowest BCUT2D eigenvalue weighted by atomic mass is 10.3. The van der Waals surface area contributed by atoms with Crippen LogP contribution < -0.4 is 0 Å². The van der Waals surface area contributed by atoms with Gasteiger partial charge in [-0.1, -0.05) is 26.2 Å². The van der Waals surface area contributed by atoms with E-state index >= 15 is 0 Å². The van der Waals surface area contributed by atoms with Crippen LogP contribution in [-0.2, 0) is 4.79 Å². The first-order valence-corrected chi connectivity index (χ1v) is 5.00. The van der Waals surface area contributed by atoms with E-state index in [1.54, 1.807) is 19.2 Å². The Bertz CT molecular complexity index is 330. The molecule has 0 atom stereocenters. The van der Waals surface area contributed by atoms with Crippen LogP contribution in [0.1, 0.15) is 13.3 Å². The molecule has 0 heterocycles. The van der Waals surface area contributed by atoms with Crippen molar-refractivity contribution in [2.45, 2.75) is 13.3 Å². The van der Waals surface area contributed by atoms with E-state index in [-0.39, 0.29) is 6.54 Å². The van der Waals surface area contributed by atoms with E-state index in [9.17, 15) is 4.79 Å². The molecule has 0 aliphatic rings. The first-order valence-electron chi connectivity index (χ1n) is 5.00. The summed E-state index contributed by atoms with van der Waals surface area (Å²) >= 11 is 0. The van der Waals surface area contributed by atoms with Gasteiger partial charge in [0.05, 0.1) is 0 Å². The smallest absolute Gasteiger partial charge is 0.323 e. The summed E-state index contributed by atoms with van der Waals surface area (Å²) < 4.78 is 0. The Balaban J connectivity index is 4.88. The molecule has 0 amide bonds. The summed E-state index contributed by atoms with van der Waals surface area (Å²) in [6.07, 6.45) is 5.73. The minimum Gasteiger partial charge on any atom is -0.480 e. The lowest BCUT2D eigenvalue weighted by Crippen LogP contribution is -2.30. The van der Waals surface area contributed by atoms with Crippen molar-refractivity contribution in [3.8, 4) is 0 Å². The van der Waals surface area contributed by atoms with Crippen LogP contribution in [0.25, 0.3) is 0 Å². The van der Waals surface area contributed by atoms with Gasteiger partial charge >= 0.3 is 5.97 Å². The van der Waals surface area contributed by atoms with E-state index in [0.717, 1.165) is 12.1 Å². The molecule has 4 nitrogen and oxygen atoms in total. The van der Waals surface area contributed by atoms with Gasteiger partial charge in [-0.15, -0.1) is 0 Å². The van der Waals surface area contributed by atoms with Crippen molar-refractivity contribution in [2.75, 3.05) is 13.6 Å². The van der Waals surface area contributed by atoms with E-state index in [0.29, 0.717) is 5.84 Å². The molecule has 0 aromatic rings. The van der Waals surface area contributed by atoms with Crippen molar-refractivity contribution in [1.82, 2.24) is 4.90 Å². The summed E-state index contributed by atoms with van der Waals surface area (Å²) in [6, 6.07) is 0. The number of aliphatic carboxylic acids is 1. The topological polar surface area (TPSA) is 52.9 Å². The van der Waals surface area contributed by atoms with Gasteiger partial charge < -0.3 is 10.0 Å². The van der Waals surface area contributed by atoms with Crippen molar-refractivity contribution in [1.29, 1.82) is 0 Å². The number of carboxylic acid groups (broad SMARTS) is 1. The molecule has 0 bridgehead atoms. The highest BCUT2D eigenvalue weighted by molar-refractivity contribution is 5.94. The van der Waals surface area contributed by atoms with Crippen LogP contribution in [-0.4, -0.2) is 35.4 Å². The Kier molecular flexibility index (Phi) is 6.59. The SMILES string of the molecule is C=C/C=C(\CC)N=C(C=C)N(C)CC(=O)O. The lowest BCUT2D eigenvalue weighted by Gasteiger charge is -2.16. The van der Waals surface area contributed by atoms with E-state index in [4.69, 9.17) is 5.11 Å². The predicted octanol–water partition coefficient (Wildman–Crippen LogP) is 2.07. The number of carboxylic acids is 1. The summed E-state index contributed by atoms with van der Waals surface area (Å²) in [4.78, 5) is 16.4. The maximum atomic E-state index is 10.5. The van der Waals surface area contributed by atoms with Gasteiger partial charge in [0.1, 0.15) is 12.4 Å². The molecular formula is C12H18N2O2. The maximum absolute atomic E-state index is 10.5. The fraction of sp³-hybridized carbons (Fsp3) is 0.333. The average molecular weight is 222 g/mol. The monoisotopic (exact) mass is 222 g/mol. The third-order valence-electron chi connectivity index (χ3n) is 1.88. The number of amidine groups is 1. The van der Waals surface area contributed by atoms with Crippen LogP contribution in [0.3, 0.4) is 0 Å². The average Bonchev–Trinajstić information content (AvgIpc) is 2.22. The minimum absolute atomic E-state index is 0.101. The minimum atomic E-state index is -0.900. The van der Waals surface area contributed by atoms with E-state index in [1.165, 1.54) is 11.0 Å². The molecule has 0 aliphatic heterocycles. The zero-order valence-corrected chi connectivity index (χ0v) is 9.81. The van der Waals surface area contributed by atoms with Gasteiger partial charge in [0.15, 0.2) is 0 Å². The fourth-order valence-corrected chi connectivity index (χ4v) is 1.09. The maximum Gasteiger partial charge on any atom is 0.323 e. The van der Waals surface area contributed by atoms with E-state index in [2.05, 4.69) is 18.2 Å². The van der Waals surface area contributed by atoms with Crippen LogP contribution in [0, 0.1) is 0 Å². The number of aliphatic imine (C=N–C) groups is 1. The molecule has 88 valence electrons. The molecule has 1 N–H and O–H groups in total. The molecule has 0 saturated heterocycles. The normalized spacial score (nSPS) is 12.1. The first kappa shape index (κ1) is 14.2. The standard InChI is InChI=1S/C12H18N2O2/c1-5-8-10(6-2)13-11(7-3)14(4)9-12(15)16/h5,7-8H,1,3,6,9H2,2,4H3,(H,15,16)/b10-8+,13-11?. The molecule has 0 unspecified atom stereocenters. The molecular weight excluding hydrogens is 204 g/mol. The van der Waals surface area contributed by atoms with Gasteiger partial charge in [0, 0.05) is 12.7 Å². The van der Waals surface area contributed by atoms with Gasteiger partial charge in [-0.05, 0) is 18.6 Å². The second kappa shape index (κ2) is 7.45. The van der Waals surface area contributed by atoms with E-state index in [1.807, 2.05) is 6.92 Å². The third kappa shape index (κ3) is 5.14. The van der Waals surface area contributed by atoms with Gasteiger partial charge in [-0.3, -0.25) is 4.79 Å². The van der Waals surface area contributed by atoms with Gasteiger partial charge in [-0.2, -0.15) is 0 Å². The highest BCUT2D eigenvalue weighted by Crippen LogP contribution is 2.05. The predicted molar refractivity (Wildman–Crippen MR) is 66.5 cm³/mol. The second-order valence-corrected chi connectivity index (χ2v) is 3.17. The molecule has 0 saturated carbocycles. The van der Waals surface area contributed by atoms with Gasteiger partial charge in [0.2, 0.25) is 0 Å². The zero-order valence-electron chi connectivity index (χ0n) is 9.81. The fourth-order valence-electron chi connectivity index (χ4n) is 1.09. The first-order chi connectivity index (χ1) is 7.54. The summed E-state index contributed by atoms with van der Waals surface area (Å²) in [7, 11) is 1.66.